The van der Waals surface area contributed by atoms with Crippen LogP contribution < -0.4 is 0 Å². The summed E-state index contributed by atoms with van der Waals surface area (Å²) < 4.78 is 49.5. The van der Waals surface area contributed by atoms with Gasteiger partial charge in [-0.15, -0.1) is 0 Å². The Bertz CT molecular complexity index is 2050. The monoisotopic (exact) mass is 825 g/mol. The van der Waals surface area contributed by atoms with E-state index in [1.807, 2.05) is 32.8 Å². The molecular weight excluding hydrogens is 774 g/mol. The van der Waals surface area contributed by atoms with E-state index < -0.39 is 131 Å². The molecule has 2 aromatic rings. The molecule has 4 N–H and O–H groups in total. The van der Waals surface area contributed by atoms with Gasteiger partial charge in [0, 0.05) is 42.9 Å². The van der Waals surface area contributed by atoms with Crippen LogP contribution in [0.3, 0.4) is 0 Å². The standard InChI is InChI=1S/C42H51NO16/c1-8-42(51)15-27(30-19(34(42)40(50)52-7)11-20-31(36(30)48)37(49)33-23(45)10-9-22(44)32(33)35(20)47)57-28-12-21(43(5)6)38(17(3)53-28)58-29-14-25-39(18(4)54-29)59-41-26(56-25)13-24(46)16(2)55-41/h9-11,16-18,21,25-29,34,38-39,41,44-45,48,51H,8,12-15H2,1-7H3/t16?,17?,18?,21?,25?,26?,27-,28?,29?,34+,38?,39?,41?,42+/m0/s1. The molecule has 59 heavy (non-hydrogen) atoms. The van der Waals surface area contributed by atoms with Crippen molar-refractivity contribution in [2.45, 2.75) is 145 Å². The lowest BCUT2D eigenvalue weighted by atomic mass is 9.67. The van der Waals surface area contributed by atoms with Crippen molar-refractivity contribution in [1.29, 1.82) is 0 Å². The van der Waals surface area contributed by atoms with Gasteiger partial charge in [0.15, 0.2) is 30.4 Å². The van der Waals surface area contributed by atoms with Gasteiger partial charge >= 0.3 is 5.97 Å². The first kappa shape index (κ1) is 41.7. The average Bonchev–Trinajstić information content (AvgIpc) is 3.18. The number of carbonyl (C=O) groups is 4. The molecule has 17 heteroatoms. The number of aromatic hydroxyl groups is 3. The number of hydrogen-bond acceptors (Lipinski definition) is 17. The topological polar surface area (TPSA) is 226 Å². The Labute approximate surface area is 340 Å². The van der Waals surface area contributed by atoms with Crippen LogP contribution in [0.1, 0.15) is 115 Å². The van der Waals surface area contributed by atoms with Crippen LogP contribution in [0.5, 0.6) is 17.2 Å². The first-order chi connectivity index (χ1) is 28.0. The summed E-state index contributed by atoms with van der Waals surface area (Å²) in [6, 6.07) is 3.08. The van der Waals surface area contributed by atoms with Gasteiger partial charge in [-0.05, 0) is 65.0 Å². The number of benzene rings is 2. The van der Waals surface area contributed by atoms with Crippen LogP contribution in [0.2, 0.25) is 0 Å². The SMILES string of the molecule is CC[C@@]1(O)C[C@H](OC2CC(N(C)C)C(OC3CC4OC5CC(=O)C(C)OC5OC4C(C)O3)C(C)O2)c2c(cc3c(c2O)C(=O)c2c(O)ccc(O)c2C3=O)[C@@H]1C(=O)OC. The molecule has 4 fully saturated rings. The quantitative estimate of drug-likeness (QED) is 0.198. The summed E-state index contributed by atoms with van der Waals surface area (Å²) in [4.78, 5) is 55.7. The minimum Gasteiger partial charge on any atom is -0.507 e. The van der Waals surface area contributed by atoms with E-state index in [0.717, 1.165) is 19.2 Å². The molecule has 4 aliphatic heterocycles. The molecular formula is C42H51NO16. The lowest BCUT2D eigenvalue weighted by Crippen LogP contribution is -2.62. The third-order valence-electron chi connectivity index (χ3n) is 12.9. The van der Waals surface area contributed by atoms with E-state index in [-0.39, 0.29) is 54.2 Å². The number of methoxy groups -OCH3 is 1. The molecule has 320 valence electrons. The highest BCUT2D eigenvalue weighted by Gasteiger charge is 2.55. The first-order valence-corrected chi connectivity index (χ1v) is 20.1. The van der Waals surface area contributed by atoms with Gasteiger partial charge in [-0.25, -0.2) is 0 Å². The van der Waals surface area contributed by atoms with Crippen LogP contribution in [0.25, 0.3) is 0 Å². The van der Waals surface area contributed by atoms with Crippen molar-refractivity contribution in [3.63, 3.8) is 0 Å². The molecule has 17 nitrogen and oxygen atoms in total. The van der Waals surface area contributed by atoms with Crippen LogP contribution in [-0.2, 0) is 47.5 Å². The second-order valence-corrected chi connectivity index (χ2v) is 16.7. The zero-order chi connectivity index (χ0) is 42.4. The Morgan fingerprint density at radius 2 is 1.53 bits per heavy atom. The number of rotatable bonds is 7. The van der Waals surface area contributed by atoms with Gasteiger partial charge in [0.25, 0.3) is 0 Å². The second kappa shape index (κ2) is 15.5. The smallest absolute Gasteiger partial charge is 0.316 e. The highest BCUT2D eigenvalue weighted by molar-refractivity contribution is 6.31. The summed E-state index contributed by atoms with van der Waals surface area (Å²) in [5.74, 6) is -5.88. The Balaban J connectivity index is 1.07. The molecule has 0 bridgehead atoms. The third kappa shape index (κ3) is 6.93. The van der Waals surface area contributed by atoms with Gasteiger partial charge in [0.1, 0.15) is 47.6 Å². The number of hydrogen-bond donors (Lipinski definition) is 4. The number of Topliss-reactive ketones (excluding diaryl/α,β-unsaturated/α-hetero) is 1. The Kier molecular flexibility index (Phi) is 10.9. The summed E-state index contributed by atoms with van der Waals surface area (Å²) >= 11 is 0. The summed E-state index contributed by atoms with van der Waals surface area (Å²) in [6.07, 6.45) is -6.48. The van der Waals surface area contributed by atoms with Gasteiger partial charge < -0.3 is 63.2 Å². The molecule has 2 aliphatic carbocycles. The lowest BCUT2D eigenvalue weighted by molar-refractivity contribution is -0.371. The van der Waals surface area contributed by atoms with Crippen LogP contribution in [0.4, 0.5) is 0 Å². The van der Waals surface area contributed by atoms with E-state index in [2.05, 4.69) is 0 Å². The number of nitrogens with zero attached hydrogens (tertiary/aromatic N) is 1. The van der Waals surface area contributed by atoms with Gasteiger partial charge in [0.05, 0.1) is 53.8 Å². The molecule has 0 spiro atoms. The Morgan fingerprint density at radius 1 is 0.864 bits per heavy atom. The van der Waals surface area contributed by atoms with Crippen molar-refractivity contribution in [2.24, 2.45) is 0 Å². The van der Waals surface area contributed by atoms with Gasteiger partial charge in [-0.3, -0.25) is 19.2 Å². The number of ketones is 3. The Morgan fingerprint density at radius 3 is 2.19 bits per heavy atom. The average molecular weight is 826 g/mol. The number of likely N-dealkylation sites (N-methyl/N-ethyl adjacent to an activating group) is 1. The number of aliphatic hydroxyl groups is 1. The van der Waals surface area contributed by atoms with Crippen molar-refractivity contribution in [1.82, 2.24) is 4.90 Å². The molecule has 0 radical (unpaired) electrons. The number of phenols is 3. The summed E-state index contributed by atoms with van der Waals surface area (Å²) in [5.41, 5.74) is -3.51. The van der Waals surface area contributed by atoms with E-state index in [1.165, 1.54) is 6.07 Å². The lowest BCUT2D eigenvalue weighted by Gasteiger charge is -2.51. The summed E-state index contributed by atoms with van der Waals surface area (Å²) in [7, 11) is 4.92. The number of carbonyl (C=O) groups excluding carboxylic acids is 4. The maximum absolute atomic E-state index is 14.0. The highest BCUT2D eigenvalue weighted by Crippen LogP contribution is 2.54. The molecule has 0 aromatic heterocycles. The summed E-state index contributed by atoms with van der Waals surface area (Å²) in [5, 5.41) is 45.4. The van der Waals surface area contributed by atoms with Crippen LogP contribution in [-0.4, -0.2) is 143 Å². The van der Waals surface area contributed by atoms with Crippen molar-refractivity contribution < 1.29 is 77.5 Å². The molecule has 0 saturated carbocycles. The fraction of sp³-hybridized carbons (Fsp3) is 0.619. The van der Waals surface area contributed by atoms with E-state index in [1.54, 1.807) is 13.8 Å². The minimum atomic E-state index is -1.80. The van der Waals surface area contributed by atoms with E-state index in [4.69, 9.17) is 37.9 Å². The molecule has 14 atom stereocenters. The van der Waals surface area contributed by atoms with Crippen molar-refractivity contribution >= 4 is 23.3 Å². The molecule has 4 heterocycles. The molecule has 0 amide bonds. The zero-order valence-corrected chi connectivity index (χ0v) is 33.9. The minimum absolute atomic E-state index is 0.00735. The molecule has 4 saturated heterocycles. The predicted octanol–water partition coefficient (Wildman–Crippen LogP) is 2.88. The third-order valence-corrected chi connectivity index (χ3v) is 12.9. The zero-order valence-electron chi connectivity index (χ0n) is 33.9. The van der Waals surface area contributed by atoms with Crippen molar-refractivity contribution in [2.75, 3.05) is 21.2 Å². The molecule has 11 unspecified atom stereocenters. The normalized spacial score (nSPS) is 37.8. The first-order valence-electron chi connectivity index (χ1n) is 20.1. The fourth-order valence-electron chi connectivity index (χ4n) is 9.77. The van der Waals surface area contributed by atoms with Gasteiger partial charge in [0.2, 0.25) is 5.78 Å². The Hall–Kier alpha value is -4.04. The van der Waals surface area contributed by atoms with Crippen LogP contribution in [0.15, 0.2) is 18.2 Å². The maximum Gasteiger partial charge on any atom is 0.316 e. The van der Waals surface area contributed by atoms with E-state index in [9.17, 15) is 39.6 Å². The maximum atomic E-state index is 14.0. The predicted molar refractivity (Wildman–Crippen MR) is 201 cm³/mol. The number of esters is 1. The molecule has 6 aliphatic rings. The van der Waals surface area contributed by atoms with Crippen molar-refractivity contribution in [3.8, 4) is 17.2 Å². The molecule has 8 rings (SSSR count). The fourth-order valence-corrected chi connectivity index (χ4v) is 9.77. The van der Waals surface area contributed by atoms with Crippen molar-refractivity contribution in [3.05, 3.63) is 51.6 Å². The van der Waals surface area contributed by atoms with E-state index >= 15 is 0 Å². The number of ether oxygens (including phenoxy) is 8. The largest absolute Gasteiger partial charge is 0.507 e. The highest BCUT2D eigenvalue weighted by atomic mass is 16.8. The van der Waals surface area contributed by atoms with Crippen LogP contribution in [0, 0.1) is 0 Å². The second-order valence-electron chi connectivity index (χ2n) is 16.7. The number of fused-ring (bicyclic) bond motifs is 5. The van der Waals surface area contributed by atoms with Crippen LogP contribution >= 0.6 is 0 Å². The van der Waals surface area contributed by atoms with E-state index in [0.29, 0.717) is 6.42 Å². The van der Waals surface area contributed by atoms with Gasteiger partial charge in [-0.1, -0.05) is 6.92 Å². The molecule has 2 aromatic carbocycles. The van der Waals surface area contributed by atoms with Gasteiger partial charge in [-0.2, -0.15) is 0 Å². The summed E-state index contributed by atoms with van der Waals surface area (Å²) in [6.45, 7) is 7.07. The number of phenolic OH excluding ortho intramolecular Hbond substituents is 3.